The van der Waals surface area contributed by atoms with E-state index in [9.17, 15) is 9.59 Å². The van der Waals surface area contributed by atoms with Gasteiger partial charge in [0.1, 0.15) is 0 Å². The number of carbonyl (C=O) groups is 2. The van der Waals surface area contributed by atoms with Gasteiger partial charge in [-0.1, -0.05) is 42.1 Å². The first kappa shape index (κ1) is 21.9. The van der Waals surface area contributed by atoms with E-state index in [0.717, 1.165) is 13.0 Å². The Hall–Kier alpha value is -3.33. The average Bonchev–Trinajstić information content (AvgIpc) is 3.48. The topological polar surface area (TPSA) is 93.3 Å². The van der Waals surface area contributed by atoms with Crippen LogP contribution in [0.25, 0.3) is 0 Å². The molecule has 0 aliphatic carbocycles. The maximum absolute atomic E-state index is 12.8. The Balaban J connectivity index is 1.40. The lowest BCUT2D eigenvalue weighted by Gasteiger charge is -2.28. The number of hydrogen-bond acceptors (Lipinski definition) is 6. The smallest absolute Gasteiger partial charge is 0.287 e. The molecule has 9 heteroatoms. The van der Waals surface area contributed by atoms with Crippen LogP contribution in [0.5, 0.6) is 0 Å². The number of hydrogen-bond donors (Lipinski definition) is 1. The molecule has 32 heavy (non-hydrogen) atoms. The van der Waals surface area contributed by atoms with E-state index >= 15 is 0 Å². The van der Waals surface area contributed by atoms with Crippen LogP contribution in [-0.2, 0) is 24.3 Å². The fourth-order valence-electron chi connectivity index (χ4n) is 3.69. The second-order valence-electron chi connectivity index (χ2n) is 7.54. The zero-order valence-electron chi connectivity index (χ0n) is 17.9. The van der Waals surface area contributed by atoms with Crippen molar-refractivity contribution in [3.63, 3.8) is 0 Å². The largest absolute Gasteiger partial charge is 0.459 e. The van der Waals surface area contributed by atoms with E-state index in [1.54, 1.807) is 18.2 Å². The molecule has 2 amide bonds. The van der Waals surface area contributed by atoms with Crippen LogP contribution in [0.4, 0.5) is 0 Å². The second-order valence-corrected chi connectivity index (χ2v) is 8.48. The summed E-state index contributed by atoms with van der Waals surface area (Å²) in [5, 5.41) is 12.0. The van der Waals surface area contributed by atoms with E-state index in [2.05, 4.69) is 34.2 Å². The van der Waals surface area contributed by atoms with Crippen molar-refractivity contribution in [2.75, 3.05) is 12.3 Å². The zero-order chi connectivity index (χ0) is 22.5. The van der Waals surface area contributed by atoms with Crippen LogP contribution in [-0.4, -0.2) is 43.8 Å². The third-order valence-electron chi connectivity index (χ3n) is 5.35. The minimum absolute atomic E-state index is 0.0679. The highest BCUT2D eigenvalue weighted by molar-refractivity contribution is 7.99. The molecule has 0 bridgehead atoms. The summed E-state index contributed by atoms with van der Waals surface area (Å²) in [7, 11) is 0. The molecule has 1 aliphatic rings. The molecule has 1 unspecified atom stereocenters. The van der Waals surface area contributed by atoms with Gasteiger partial charge in [-0.15, -0.1) is 16.8 Å². The maximum Gasteiger partial charge on any atom is 0.287 e. The third-order valence-corrected chi connectivity index (χ3v) is 6.30. The number of allylic oxidation sites excluding steroid dienone is 1. The molecule has 4 rings (SSSR count). The first-order valence-corrected chi connectivity index (χ1v) is 11.4. The molecule has 1 atom stereocenters. The fraction of sp³-hybridized carbons (Fsp3) is 0.304. The summed E-state index contributed by atoms with van der Waals surface area (Å²) in [6.07, 6.45) is 4.06. The maximum atomic E-state index is 12.8. The summed E-state index contributed by atoms with van der Waals surface area (Å²) in [5.74, 6) is 0.829. The number of rotatable bonds is 8. The van der Waals surface area contributed by atoms with Gasteiger partial charge >= 0.3 is 0 Å². The van der Waals surface area contributed by atoms with E-state index in [1.165, 1.54) is 29.2 Å². The van der Waals surface area contributed by atoms with Crippen molar-refractivity contribution in [3.05, 3.63) is 78.0 Å². The monoisotopic (exact) mass is 451 g/mol. The number of nitrogens with one attached hydrogen (secondary N) is 1. The van der Waals surface area contributed by atoms with Crippen LogP contribution < -0.4 is 5.32 Å². The molecule has 0 saturated heterocycles. The zero-order valence-corrected chi connectivity index (χ0v) is 18.7. The Morgan fingerprint density at radius 1 is 1.25 bits per heavy atom. The Kier molecular flexibility index (Phi) is 6.75. The summed E-state index contributed by atoms with van der Waals surface area (Å²) in [6.45, 7) is 7.46. The molecule has 0 radical (unpaired) electrons. The molecule has 1 aliphatic heterocycles. The number of carbonyl (C=O) groups excluding carboxylic acids is 2. The van der Waals surface area contributed by atoms with Crippen LogP contribution in [0.1, 0.15) is 40.5 Å². The molecular formula is C23H25N5O3S. The molecule has 0 saturated carbocycles. The van der Waals surface area contributed by atoms with E-state index in [-0.39, 0.29) is 23.3 Å². The molecule has 8 nitrogen and oxygen atoms in total. The first-order chi connectivity index (χ1) is 15.6. The summed E-state index contributed by atoms with van der Waals surface area (Å²) < 4.78 is 7.01. The highest BCUT2D eigenvalue weighted by atomic mass is 32.2. The van der Waals surface area contributed by atoms with Gasteiger partial charge in [0.25, 0.3) is 5.91 Å². The average molecular weight is 452 g/mol. The number of aromatic nitrogens is 3. The second kappa shape index (κ2) is 9.86. The first-order valence-electron chi connectivity index (χ1n) is 10.4. The quantitative estimate of drug-likeness (QED) is 0.418. The Bertz CT molecular complexity index is 1110. The molecule has 3 aromatic rings. The van der Waals surface area contributed by atoms with Crippen molar-refractivity contribution in [3.8, 4) is 0 Å². The lowest BCUT2D eigenvalue weighted by atomic mass is 10.00. The molecule has 1 aromatic carbocycles. The fourth-order valence-corrected chi connectivity index (χ4v) is 4.55. The lowest BCUT2D eigenvalue weighted by molar-refractivity contribution is -0.129. The van der Waals surface area contributed by atoms with E-state index in [4.69, 9.17) is 4.42 Å². The van der Waals surface area contributed by atoms with Crippen molar-refractivity contribution in [2.24, 2.45) is 0 Å². The number of furan rings is 1. The Morgan fingerprint density at radius 2 is 2.06 bits per heavy atom. The van der Waals surface area contributed by atoms with E-state index in [0.29, 0.717) is 24.1 Å². The number of amides is 2. The van der Waals surface area contributed by atoms with Gasteiger partial charge in [-0.05, 0) is 36.6 Å². The highest BCUT2D eigenvalue weighted by Crippen LogP contribution is 2.23. The summed E-state index contributed by atoms with van der Waals surface area (Å²) in [5.41, 5.74) is 2.51. The van der Waals surface area contributed by atoms with Crippen molar-refractivity contribution in [2.45, 2.75) is 37.6 Å². The molecule has 2 aromatic heterocycles. The van der Waals surface area contributed by atoms with Gasteiger partial charge in [0.2, 0.25) is 5.91 Å². The Labute approximate surface area is 190 Å². The van der Waals surface area contributed by atoms with Gasteiger partial charge in [-0.2, -0.15) is 0 Å². The van der Waals surface area contributed by atoms with Gasteiger partial charge in [0, 0.05) is 19.6 Å². The number of thioether (sulfide) groups is 1. The van der Waals surface area contributed by atoms with Crippen molar-refractivity contribution in [1.29, 1.82) is 0 Å². The minimum Gasteiger partial charge on any atom is -0.459 e. The van der Waals surface area contributed by atoms with Crippen LogP contribution >= 0.6 is 11.8 Å². The predicted molar refractivity (Wildman–Crippen MR) is 121 cm³/mol. The third kappa shape index (κ3) is 4.77. The molecule has 3 heterocycles. The highest BCUT2D eigenvalue weighted by Gasteiger charge is 2.23. The van der Waals surface area contributed by atoms with Crippen LogP contribution in [0.3, 0.4) is 0 Å². The normalized spacial score (nSPS) is 14.0. The standard InChI is InChI=1S/C23H25N5O3S/c1-3-11-28-21(16(2)24-22(30)19-9-6-13-31-19)25-26-23(28)32-15-20(29)27-12-10-17-7-4-5-8-18(17)14-27/h3-9,13,16H,1,10-12,14-15H2,2H3,(H,24,30). The van der Waals surface area contributed by atoms with E-state index < -0.39 is 6.04 Å². The van der Waals surface area contributed by atoms with E-state index in [1.807, 2.05) is 28.5 Å². The van der Waals surface area contributed by atoms with Gasteiger partial charge in [0.15, 0.2) is 16.7 Å². The Morgan fingerprint density at radius 3 is 2.81 bits per heavy atom. The van der Waals surface area contributed by atoms with Gasteiger partial charge < -0.3 is 19.2 Å². The number of nitrogens with zero attached hydrogens (tertiary/aromatic N) is 4. The number of fused-ring (bicyclic) bond motifs is 1. The van der Waals surface area contributed by atoms with Crippen LogP contribution in [0.15, 0.2) is 64.9 Å². The van der Waals surface area contributed by atoms with Crippen LogP contribution in [0.2, 0.25) is 0 Å². The lowest BCUT2D eigenvalue weighted by Crippen LogP contribution is -2.37. The molecule has 0 spiro atoms. The van der Waals surface area contributed by atoms with Crippen molar-refractivity contribution < 1.29 is 14.0 Å². The summed E-state index contributed by atoms with van der Waals surface area (Å²) in [4.78, 5) is 27.0. The van der Waals surface area contributed by atoms with Gasteiger partial charge in [0.05, 0.1) is 18.1 Å². The predicted octanol–water partition coefficient (Wildman–Crippen LogP) is 3.23. The molecule has 0 fully saturated rings. The molecule has 1 N–H and O–H groups in total. The minimum atomic E-state index is -0.399. The summed E-state index contributed by atoms with van der Waals surface area (Å²) in [6, 6.07) is 11.1. The number of benzene rings is 1. The van der Waals surface area contributed by atoms with Crippen molar-refractivity contribution in [1.82, 2.24) is 25.0 Å². The van der Waals surface area contributed by atoms with Crippen LogP contribution in [0, 0.1) is 0 Å². The van der Waals surface area contributed by atoms with Gasteiger partial charge in [-0.25, -0.2) is 0 Å². The molecular weight excluding hydrogens is 426 g/mol. The SMILES string of the molecule is C=CCn1c(SCC(=O)N2CCc3ccccc3C2)nnc1C(C)NC(=O)c1ccco1. The van der Waals surface area contributed by atoms with Crippen molar-refractivity contribution >= 4 is 23.6 Å². The summed E-state index contributed by atoms with van der Waals surface area (Å²) >= 11 is 1.34. The van der Waals surface area contributed by atoms with Gasteiger partial charge in [-0.3, -0.25) is 9.59 Å². The molecule has 166 valence electrons.